The highest BCUT2D eigenvalue weighted by Gasteiger charge is 2.24. The molecule has 0 saturated heterocycles. The van der Waals surface area contributed by atoms with Crippen molar-refractivity contribution in [2.75, 3.05) is 11.1 Å². The highest BCUT2D eigenvalue weighted by Crippen LogP contribution is 2.39. The fraction of sp³-hybridized carbons (Fsp3) is 0.292. The fourth-order valence-electron chi connectivity index (χ4n) is 4.61. The Kier molecular flexibility index (Phi) is 4.62. The number of nitrogens with two attached hydrogens (primary N) is 1. The average Bonchev–Trinajstić information content (AvgIpc) is 3.37. The van der Waals surface area contributed by atoms with Crippen molar-refractivity contribution >= 4 is 29.4 Å². The number of fused-ring (bicyclic) bond motifs is 2. The molecule has 6 nitrogen and oxygen atoms in total. The van der Waals surface area contributed by atoms with Gasteiger partial charge in [-0.25, -0.2) is 0 Å². The van der Waals surface area contributed by atoms with Gasteiger partial charge in [-0.05, 0) is 79.3 Å². The highest BCUT2D eigenvalue weighted by atomic mass is 16.1. The van der Waals surface area contributed by atoms with E-state index in [1.165, 1.54) is 41.3 Å². The number of para-hydroxylation sites is 1. The second-order valence-corrected chi connectivity index (χ2v) is 8.12. The fourth-order valence-corrected chi connectivity index (χ4v) is 4.61. The minimum atomic E-state index is -0.299. The summed E-state index contributed by atoms with van der Waals surface area (Å²) >= 11 is 0. The molecule has 4 N–H and O–H groups in total. The van der Waals surface area contributed by atoms with Crippen LogP contribution in [0.4, 0.5) is 23.1 Å². The smallest absolute Gasteiger partial charge is 0.263 e. The lowest BCUT2D eigenvalue weighted by Crippen LogP contribution is -2.19. The number of aromatic amines is 1. The number of nitrogen functional groups attached to an aromatic ring is 1. The number of aryl methyl sites for hydroxylation is 3. The summed E-state index contributed by atoms with van der Waals surface area (Å²) in [6, 6.07) is 10.1. The molecule has 2 aliphatic carbocycles. The van der Waals surface area contributed by atoms with Crippen molar-refractivity contribution in [3.63, 3.8) is 0 Å². The van der Waals surface area contributed by atoms with Gasteiger partial charge in [0, 0.05) is 11.9 Å². The van der Waals surface area contributed by atoms with Gasteiger partial charge in [0.25, 0.3) is 5.56 Å². The molecule has 0 amide bonds. The van der Waals surface area contributed by atoms with Crippen LogP contribution in [-0.4, -0.2) is 16.2 Å². The van der Waals surface area contributed by atoms with E-state index in [1.807, 2.05) is 31.2 Å². The summed E-state index contributed by atoms with van der Waals surface area (Å²) in [5.41, 5.74) is 14.6. The summed E-state index contributed by atoms with van der Waals surface area (Å²) < 4.78 is 0. The van der Waals surface area contributed by atoms with Crippen molar-refractivity contribution in [3.05, 3.63) is 74.1 Å². The van der Waals surface area contributed by atoms with Gasteiger partial charge in [-0.3, -0.25) is 14.8 Å². The van der Waals surface area contributed by atoms with Gasteiger partial charge in [0.2, 0.25) is 5.95 Å². The molecule has 2 aliphatic rings. The highest BCUT2D eigenvalue weighted by molar-refractivity contribution is 5.87. The molecule has 6 heteroatoms. The summed E-state index contributed by atoms with van der Waals surface area (Å²) in [6.45, 7) is 1.97. The Morgan fingerprint density at radius 1 is 1.10 bits per heavy atom. The Bertz CT molecular complexity index is 1190. The van der Waals surface area contributed by atoms with Gasteiger partial charge < -0.3 is 11.1 Å². The summed E-state index contributed by atoms with van der Waals surface area (Å²) in [7, 11) is 0. The van der Waals surface area contributed by atoms with Crippen LogP contribution in [-0.2, 0) is 25.7 Å². The van der Waals surface area contributed by atoms with Gasteiger partial charge in [-0.2, -0.15) is 4.98 Å². The minimum absolute atomic E-state index is 0.169. The molecular formula is C24H25N5O. The third-order valence-corrected chi connectivity index (χ3v) is 6.15. The number of anilines is 3. The Labute approximate surface area is 175 Å². The van der Waals surface area contributed by atoms with E-state index in [-0.39, 0.29) is 16.9 Å². The summed E-state index contributed by atoms with van der Waals surface area (Å²) in [5.74, 6) is 0.558. The van der Waals surface area contributed by atoms with Gasteiger partial charge in [0.15, 0.2) is 0 Å². The van der Waals surface area contributed by atoms with Gasteiger partial charge in [0.1, 0.15) is 11.4 Å². The summed E-state index contributed by atoms with van der Waals surface area (Å²) in [4.78, 5) is 24.4. The first kappa shape index (κ1) is 18.6. The number of aliphatic imine (C=N–C) groups is 1. The molecule has 2 aromatic carbocycles. The third-order valence-electron chi connectivity index (χ3n) is 6.15. The van der Waals surface area contributed by atoms with Crippen molar-refractivity contribution in [1.82, 2.24) is 9.97 Å². The van der Waals surface area contributed by atoms with Crippen LogP contribution in [0.2, 0.25) is 0 Å². The lowest BCUT2D eigenvalue weighted by atomic mass is 9.99. The summed E-state index contributed by atoms with van der Waals surface area (Å²) in [5, 5.41) is 3.41. The van der Waals surface area contributed by atoms with Gasteiger partial charge in [0.05, 0.1) is 5.69 Å². The number of rotatable bonds is 4. The van der Waals surface area contributed by atoms with E-state index in [2.05, 4.69) is 26.3 Å². The van der Waals surface area contributed by atoms with Crippen LogP contribution < -0.4 is 16.6 Å². The van der Waals surface area contributed by atoms with Crippen LogP contribution in [0.15, 0.2) is 40.1 Å². The number of H-pyrrole nitrogens is 1. The zero-order valence-corrected chi connectivity index (χ0v) is 17.1. The molecular weight excluding hydrogens is 374 g/mol. The molecule has 1 heterocycles. The molecule has 0 atom stereocenters. The molecule has 5 rings (SSSR count). The van der Waals surface area contributed by atoms with Gasteiger partial charge in [-0.15, -0.1) is 0 Å². The van der Waals surface area contributed by atoms with Crippen molar-refractivity contribution in [3.8, 4) is 0 Å². The largest absolute Gasteiger partial charge is 0.383 e. The predicted octanol–water partition coefficient (Wildman–Crippen LogP) is 4.13. The molecule has 3 aromatic rings. The third kappa shape index (κ3) is 3.28. The van der Waals surface area contributed by atoms with Crippen LogP contribution in [0, 0.1) is 6.92 Å². The second kappa shape index (κ2) is 7.44. The molecule has 0 fully saturated rings. The Balaban J connectivity index is 1.49. The SMILES string of the molecule is Cc1ccccc1N=Cc1c(N)nc(Nc2c3c(cc4c2CCC4)CCC3)[nH]c1=O. The van der Waals surface area contributed by atoms with E-state index >= 15 is 0 Å². The maximum atomic E-state index is 12.7. The lowest BCUT2D eigenvalue weighted by molar-refractivity contribution is 0.898. The Morgan fingerprint density at radius 3 is 2.47 bits per heavy atom. The normalized spacial score (nSPS) is 14.8. The molecule has 0 radical (unpaired) electrons. The zero-order valence-electron chi connectivity index (χ0n) is 17.1. The number of hydrogen-bond acceptors (Lipinski definition) is 5. The van der Waals surface area contributed by atoms with Crippen molar-refractivity contribution in [2.45, 2.75) is 45.4 Å². The predicted molar refractivity (Wildman–Crippen MR) is 121 cm³/mol. The van der Waals surface area contributed by atoms with Crippen molar-refractivity contribution < 1.29 is 0 Å². The Morgan fingerprint density at radius 2 is 1.80 bits per heavy atom. The van der Waals surface area contributed by atoms with Gasteiger partial charge in [-0.1, -0.05) is 24.3 Å². The standard InChI is InChI=1S/C24H25N5O/c1-14-6-2-3-11-20(14)26-13-19-22(25)28-24(29-23(19)30)27-21-17-9-4-7-15(17)12-16-8-5-10-18(16)21/h2-3,6,11-13H,4-5,7-10H2,1H3,(H4,25,27,28,29,30). The van der Waals surface area contributed by atoms with E-state index in [0.717, 1.165) is 42.6 Å². The molecule has 0 bridgehead atoms. The number of nitrogens with one attached hydrogen (secondary N) is 2. The average molecular weight is 399 g/mol. The van der Waals surface area contributed by atoms with Crippen LogP contribution in [0.1, 0.15) is 46.2 Å². The first-order chi connectivity index (χ1) is 14.6. The quantitative estimate of drug-likeness (QED) is 0.575. The van der Waals surface area contributed by atoms with E-state index in [4.69, 9.17) is 5.73 Å². The number of hydrogen-bond donors (Lipinski definition) is 3. The molecule has 1 aromatic heterocycles. The Hall–Kier alpha value is -3.41. The number of benzene rings is 2. The van der Waals surface area contributed by atoms with Crippen LogP contribution in [0.3, 0.4) is 0 Å². The van der Waals surface area contributed by atoms with Crippen molar-refractivity contribution in [1.29, 1.82) is 0 Å². The zero-order chi connectivity index (χ0) is 20.7. The van der Waals surface area contributed by atoms with E-state index < -0.39 is 0 Å². The monoisotopic (exact) mass is 399 g/mol. The maximum absolute atomic E-state index is 12.7. The minimum Gasteiger partial charge on any atom is -0.383 e. The molecule has 30 heavy (non-hydrogen) atoms. The molecule has 152 valence electrons. The second-order valence-electron chi connectivity index (χ2n) is 8.12. The topological polar surface area (TPSA) is 96.2 Å². The molecule has 0 aliphatic heterocycles. The maximum Gasteiger partial charge on any atom is 0.263 e. The first-order valence-corrected chi connectivity index (χ1v) is 10.5. The number of nitrogens with zero attached hydrogens (tertiary/aromatic N) is 2. The van der Waals surface area contributed by atoms with E-state index in [9.17, 15) is 4.79 Å². The van der Waals surface area contributed by atoms with E-state index in [0.29, 0.717) is 5.95 Å². The first-order valence-electron chi connectivity index (χ1n) is 10.5. The lowest BCUT2D eigenvalue weighted by Gasteiger charge is -2.16. The molecule has 0 spiro atoms. The van der Waals surface area contributed by atoms with Crippen LogP contribution in [0.5, 0.6) is 0 Å². The molecule has 0 unspecified atom stereocenters. The van der Waals surface area contributed by atoms with Crippen LogP contribution in [0.25, 0.3) is 0 Å². The number of aromatic nitrogens is 2. The van der Waals surface area contributed by atoms with E-state index in [1.54, 1.807) is 0 Å². The molecule has 0 saturated carbocycles. The summed E-state index contributed by atoms with van der Waals surface area (Å²) in [6.07, 6.45) is 8.21. The van der Waals surface area contributed by atoms with Crippen LogP contribution >= 0.6 is 0 Å². The van der Waals surface area contributed by atoms with Gasteiger partial charge >= 0.3 is 0 Å². The van der Waals surface area contributed by atoms with Crippen molar-refractivity contribution in [2.24, 2.45) is 4.99 Å².